The third kappa shape index (κ3) is 7.73. The number of fused-ring (bicyclic) bond motifs is 1. The van der Waals surface area contributed by atoms with E-state index in [1.807, 2.05) is 0 Å². The number of hydrogen-bond donors (Lipinski definition) is 3. The molecule has 0 saturated heterocycles. The zero-order valence-corrected chi connectivity index (χ0v) is 22.4. The summed E-state index contributed by atoms with van der Waals surface area (Å²) in [5.41, 5.74) is 3.80. The van der Waals surface area contributed by atoms with Crippen molar-refractivity contribution in [3.8, 4) is 11.1 Å². The molecule has 10 nitrogen and oxygen atoms in total. The molecule has 0 aliphatic rings. The second-order valence-electron chi connectivity index (χ2n) is 8.52. The smallest absolute Gasteiger partial charge is 0.382 e. The summed E-state index contributed by atoms with van der Waals surface area (Å²) in [6.07, 6.45) is -0.537. The molecular formula is C27H25ClF3N5O5. The van der Waals surface area contributed by atoms with Crippen molar-refractivity contribution in [2.45, 2.75) is 6.18 Å². The number of urea groups is 1. The van der Waals surface area contributed by atoms with Gasteiger partial charge >= 0.3 is 18.3 Å². The van der Waals surface area contributed by atoms with Crippen molar-refractivity contribution in [3.05, 3.63) is 77.7 Å². The van der Waals surface area contributed by atoms with Gasteiger partial charge in [-0.1, -0.05) is 23.7 Å². The molecule has 2 amide bonds. The SMILES string of the molecule is COCCOCCNOC(=O)n1cc(-c2ccc(NC(=O)Nc3ccc(Cl)c(C(F)(F)F)c3)cc2)c2cnccc21. The number of alkyl halides is 3. The van der Waals surface area contributed by atoms with Crippen molar-refractivity contribution >= 4 is 46.0 Å². The van der Waals surface area contributed by atoms with Crippen LogP contribution in [0.5, 0.6) is 0 Å². The van der Waals surface area contributed by atoms with E-state index in [0.717, 1.165) is 12.1 Å². The second kappa shape index (κ2) is 13.5. The molecule has 4 aromatic rings. The quantitative estimate of drug-likeness (QED) is 0.149. The summed E-state index contributed by atoms with van der Waals surface area (Å²) in [6, 6.07) is 10.7. The molecule has 0 unspecified atom stereocenters. The molecule has 3 N–H and O–H groups in total. The van der Waals surface area contributed by atoms with Gasteiger partial charge in [0.25, 0.3) is 0 Å². The highest BCUT2D eigenvalue weighted by Gasteiger charge is 2.33. The Balaban J connectivity index is 1.42. The van der Waals surface area contributed by atoms with Crippen molar-refractivity contribution in [2.24, 2.45) is 0 Å². The minimum Gasteiger partial charge on any atom is -0.382 e. The van der Waals surface area contributed by atoms with E-state index < -0.39 is 28.9 Å². The van der Waals surface area contributed by atoms with Gasteiger partial charge < -0.3 is 24.9 Å². The van der Waals surface area contributed by atoms with Crippen LogP contribution >= 0.6 is 11.6 Å². The number of hydrogen-bond acceptors (Lipinski definition) is 7. The van der Waals surface area contributed by atoms with Gasteiger partial charge in [-0.2, -0.15) is 13.2 Å². The lowest BCUT2D eigenvalue weighted by Crippen LogP contribution is -2.26. The first-order valence-corrected chi connectivity index (χ1v) is 12.6. The maximum atomic E-state index is 13.1. The lowest BCUT2D eigenvalue weighted by molar-refractivity contribution is -0.137. The molecule has 0 atom stereocenters. The number of nitrogens with one attached hydrogen (secondary N) is 3. The minimum absolute atomic E-state index is 0.0730. The lowest BCUT2D eigenvalue weighted by atomic mass is 10.1. The fourth-order valence-electron chi connectivity index (χ4n) is 3.82. The number of methoxy groups -OCH3 is 1. The van der Waals surface area contributed by atoms with E-state index in [9.17, 15) is 22.8 Å². The number of carbonyl (C=O) groups is 2. The molecule has 2 heterocycles. The normalized spacial score (nSPS) is 11.4. The van der Waals surface area contributed by atoms with Crippen molar-refractivity contribution in [3.63, 3.8) is 0 Å². The van der Waals surface area contributed by atoms with Crippen LogP contribution in [-0.2, 0) is 20.5 Å². The molecule has 2 aromatic heterocycles. The van der Waals surface area contributed by atoms with Crippen molar-refractivity contribution in [1.29, 1.82) is 0 Å². The highest BCUT2D eigenvalue weighted by molar-refractivity contribution is 6.31. The highest BCUT2D eigenvalue weighted by Crippen LogP contribution is 2.36. The third-order valence-electron chi connectivity index (χ3n) is 5.73. The minimum atomic E-state index is -4.66. The topological polar surface area (TPSA) is 116 Å². The molecule has 0 radical (unpaired) electrons. The van der Waals surface area contributed by atoms with E-state index >= 15 is 0 Å². The summed E-state index contributed by atoms with van der Waals surface area (Å²) in [4.78, 5) is 34.4. The number of rotatable bonds is 10. The predicted octanol–water partition coefficient (Wildman–Crippen LogP) is 6.17. The standard InChI is InChI=1S/C27H25ClF3N5O5/c1-39-12-13-40-11-10-33-41-26(38)36-16-21(20-15-32-9-8-24(20)36)17-2-4-18(5-3-17)34-25(37)35-19-6-7-23(28)22(14-19)27(29,30)31/h2-9,14-16,33H,10-13H2,1H3,(H2,34,35,37). The summed E-state index contributed by atoms with van der Waals surface area (Å²) in [5.74, 6) is 0. The number of nitrogens with zero attached hydrogens (tertiary/aromatic N) is 2. The van der Waals surface area contributed by atoms with E-state index in [4.69, 9.17) is 25.9 Å². The second-order valence-corrected chi connectivity index (χ2v) is 8.93. The number of halogens is 4. The molecule has 4 rings (SSSR count). The van der Waals surface area contributed by atoms with E-state index in [1.165, 1.54) is 10.6 Å². The Kier molecular flexibility index (Phi) is 9.78. The summed E-state index contributed by atoms with van der Waals surface area (Å²) < 4.78 is 50.8. The highest BCUT2D eigenvalue weighted by atomic mass is 35.5. The van der Waals surface area contributed by atoms with Gasteiger partial charge in [0, 0.05) is 48.0 Å². The molecule has 0 spiro atoms. The summed E-state index contributed by atoms with van der Waals surface area (Å²) in [5, 5.41) is 5.14. The number of hydroxylamine groups is 1. The Labute approximate surface area is 237 Å². The molecule has 0 fully saturated rings. The molecule has 2 aromatic carbocycles. The van der Waals surface area contributed by atoms with Crippen LogP contribution in [0.3, 0.4) is 0 Å². The predicted molar refractivity (Wildman–Crippen MR) is 147 cm³/mol. The molecule has 14 heteroatoms. The Morgan fingerprint density at radius 3 is 2.46 bits per heavy atom. The Bertz CT molecular complexity index is 1510. The van der Waals surface area contributed by atoms with Gasteiger partial charge in [0.05, 0.1) is 42.5 Å². The fourth-order valence-corrected chi connectivity index (χ4v) is 4.05. The van der Waals surface area contributed by atoms with Gasteiger partial charge in [0.1, 0.15) is 0 Å². The van der Waals surface area contributed by atoms with Gasteiger partial charge in [-0.15, -0.1) is 5.48 Å². The van der Waals surface area contributed by atoms with Crippen LogP contribution in [0.25, 0.3) is 22.0 Å². The van der Waals surface area contributed by atoms with Gasteiger partial charge in [0.2, 0.25) is 0 Å². The average molecular weight is 592 g/mol. The van der Waals surface area contributed by atoms with Gasteiger partial charge in [0.15, 0.2) is 0 Å². The molecule has 0 bridgehead atoms. The Morgan fingerprint density at radius 1 is 1.00 bits per heavy atom. The molecule has 41 heavy (non-hydrogen) atoms. The average Bonchev–Trinajstić information content (AvgIpc) is 3.33. The van der Waals surface area contributed by atoms with Gasteiger partial charge in [-0.3, -0.25) is 9.55 Å². The monoisotopic (exact) mass is 591 g/mol. The molecule has 0 aliphatic carbocycles. The van der Waals surface area contributed by atoms with E-state index in [1.54, 1.807) is 56.0 Å². The molecule has 216 valence electrons. The fraction of sp³-hybridized carbons (Fsp3) is 0.222. The number of pyridine rings is 1. The Hall–Kier alpha value is -4.17. The third-order valence-corrected chi connectivity index (χ3v) is 6.06. The van der Waals surface area contributed by atoms with Crippen LogP contribution in [0.4, 0.5) is 34.1 Å². The number of ether oxygens (including phenoxy) is 2. The zero-order chi connectivity index (χ0) is 29.4. The lowest BCUT2D eigenvalue weighted by Gasteiger charge is -2.12. The van der Waals surface area contributed by atoms with E-state index in [2.05, 4.69) is 21.1 Å². The summed E-state index contributed by atoms with van der Waals surface area (Å²) in [6.45, 7) is 1.50. The van der Waals surface area contributed by atoms with Gasteiger partial charge in [-0.05, 0) is 42.0 Å². The largest absolute Gasteiger partial charge is 0.437 e. The summed E-state index contributed by atoms with van der Waals surface area (Å²) in [7, 11) is 1.57. The van der Waals surface area contributed by atoms with E-state index in [-0.39, 0.29) is 12.2 Å². The van der Waals surface area contributed by atoms with Crippen LogP contribution in [0, 0.1) is 0 Å². The number of aromatic nitrogens is 2. The molecule has 0 aliphatic heterocycles. The van der Waals surface area contributed by atoms with Gasteiger partial charge in [-0.25, -0.2) is 9.59 Å². The van der Waals surface area contributed by atoms with Crippen molar-refractivity contribution in [2.75, 3.05) is 44.1 Å². The maximum absolute atomic E-state index is 13.1. The zero-order valence-electron chi connectivity index (χ0n) is 21.6. The molecule has 0 saturated carbocycles. The summed E-state index contributed by atoms with van der Waals surface area (Å²) >= 11 is 5.62. The first kappa shape index (κ1) is 29.8. The van der Waals surface area contributed by atoms with Crippen LogP contribution in [0.1, 0.15) is 5.56 Å². The first-order valence-electron chi connectivity index (χ1n) is 12.2. The number of amides is 2. The Morgan fingerprint density at radius 2 is 1.73 bits per heavy atom. The maximum Gasteiger partial charge on any atom is 0.437 e. The number of benzene rings is 2. The van der Waals surface area contributed by atoms with Crippen molar-refractivity contribution in [1.82, 2.24) is 15.0 Å². The van der Waals surface area contributed by atoms with Crippen molar-refractivity contribution < 1.29 is 37.1 Å². The van der Waals surface area contributed by atoms with Crippen LogP contribution < -0.4 is 16.1 Å². The van der Waals surface area contributed by atoms with Crippen LogP contribution in [0.2, 0.25) is 5.02 Å². The van der Waals surface area contributed by atoms with Crippen LogP contribution in [0.15, 0.2) is 67.1 Å². The number of anilines is 2. The van der Waals surface area contributed by atoms with Crippen LogP contribution in [-0.4, -0.2) is 55.2 Å². The number of carbonyl (C=O) groups excluding carboxylic acids is 2. The molecular weight excluding hydrogens is 567 g/mol. The first-order chi connectivity index (χ1) is 19.7. The van der Waals surface area contributed by atoms with E-state index in [0.29, 0.717) is 47.5 Å².